The number of halogens is 2. The van der Waals surface area contributed by atoms with Crippen molar-refractivity contribution in [3.8, 4) is 0 Å². The number of likely N-dealkylation sites (tertiary alicyclic amines) is 1. The normalized spacial score (nSPS) is 26.9. The van der Waals surface area contributed by atoms with Crippen molar-refractivity contribution < 1.29 is 19.5 Å². The summed E-state index contributed by atoms with van der Waals surface area (Å²) in [5.41, 5.74) is 0.978. The largest absolute Gasteiger partial charge is 0.387 e. The van der Waals surface area contributed by atoms with Gasteiger partial charge in [-0.3, -0.25) is 24.6 Å². The summed E-state index contributed by atoms with van der Waals surface area (Å²) in [5, 5.41) is 18.4. The van der Waals surface area contributed by atoms with E-state index in [1.165, 1.54) is 4.90 Å². The number of rotatable bonds is 5. The molecule has 0 aliphatic carbocycles. The second kappa shape index (κ2) is 8.96. The van der Waals surface area contributed by atoms with E-state index < -0.39 is 47.2 Å². The molecule has 3 aromatic carbocycles. The molecule has 9 heteroatoms. The number of anilines is 1. The minimum absolute atomic E-state index is 0.179. The summed E-state index contributed by atoms with van der Waals surface area (Å²) in [6.07, 6.45) is -0.692. The molecule has 37 heavy (non-hydrogen) atoms. The van der Waals surface area contributed by atoms with E-state index in [9.17, 15) is 19.5 Å². The summed E-state index contributed by atoms with van der Waals surface area (Å²) >= 11 is 12.3. The SMILES string of the molecule is O=C1[C@@H]2[C@H]([C@H](O)c3ccc(Cl)cc3)N[C@@]3(C(=O)Nc4ccc(Cl)cc43)[C@@H]2C(=O)N1CCc1ccccc1. The summed E-state index contributed by atoms with van der Waals surface area (Å²) in [6.45, 7) is 0.179. The van der Waals surface area contributed by atoms with Gasteiger partial charge < -0.3 is 10.4 Å². The summed E-state index contributed by atoms with van der Waals surface area (Å²) in [7, 11) is 0. The van der Waals surface area contributed by atoms with E-state index in [2.05, 4.69) is 10.6 Å². The highest BCUT2D eigenvalue weighted by atomic mass is 35.5. The van der Waals surface area contributed by atoms with Crippen LogP contribution in [0.5, 0.6) is 0 Å². The number of benzene rings is 3. The van der Waals surface area contributed by atoms with Gasteiger partial charge in [0.05, 0.1) is 24.0 Å². The van der Waals surface area contributed by atoms with Crippen LogP contribution in [0.3, 0.4) is 0 Å². The average molecular weight is 536 g/mol. The van der Waals surface area contributed by atoms with Crippen molar-refractivity contribution in [2.45, 2.75) is 24.1 Å². The molecule has 3 aromatic rings. The monoisotopic (exact) mass is 535 g/mol. The zero-order valence-corrected chi connectivity index (χ0v) is 21.0. The number of aliphatic hydroxyl groups is 1. The zero-order chi connectivity index (χ0) is 25.9. The summed E-state index contributed by atoms with van der Waals surface area (Å²) < 4.78 is 0. The van der Waals surface area contributed by atoms with Crippen LogP contribution >= 0.6 is 23.2 Å². The maximum atomic E-state index is 13.9. The predicted octanol–water partition coefficient (Wildman–Crippen LogP) is 3.69. The zero-order valence-electron chi connectivity index (χ0n) is 19.5. The van der Waals surface area contributed by atoms with Crippen LogP contribution in [0.4, 0.5) is 5.69 Å². The molecule has 3 aliphatic rings. The lowest BCUT2D eigenvalue weighted by Gasteiger charge is -2.30. The Balaban J connectivity index is 1.43. The highest BCUT2D eigenvalue weighted by Crippen LogP contribution is 2.55. The highest BCUT2D eigenvalue weighted by Gasteiger charge is 2.71. The van der Waals surface area contributed by atoms with Gasteiger partial charge in [0.2, 0.25) is 17.7 Å². The molecule has 0 unspecified atom stereocenters. The van der Waals surface area contributed by atoms with E-state index in [1.54, 1.807) is 42.5 Å². The Kier molecular flexibility index (Phi) is 5.84. The third-order valence-corrected chi connectivity index (χ3v) is 8.21. The fraction of sp³-hybridized carbons (Fsp3) is 0.250. The average Bonchev–Trinajstić information content (AvgIpc) is 3.48. The van der Waals surface area contributed by atoms with E-state index in [0.29, 0.717) is 33.3 Å². The topological polar surface area (TPSA) is 98.7 Å². The molecular formula is C28H23Cl2N3O4. The molecule has 0 radical (unpaired) electrons. The Hall–Kier alpha value is -3.23. The number of imide groups is 1. The second-order valence-corrected chi connectivity index (χ2v) is 10.6. The fourth-order valence-corrected chi connectivity index (χ4v) is 6.30. The van der Waals surface area contributed by atoms with Gasteiger partial charge in [0.15, 0.2) is 0 Å². The van der Waals surface area contributed by atoms with Crippen molar-refractivity contribution >= 4 is 46.6 Å². The lowest BCUT2D eigenvalue weighted by Crippen LogP contribution is -2.54. The number of fused-ring (bicyclic) bond motifs is 4. The first-order chi connectivity index (χ1) is 17.8. The maximum Gasteiger partial charge on any atom is 0.250 e. The molecule has 1 spiro atoms. The van der Waals surface area contributed by atoms with Gasteiger partial charge in [-0.2, -0.15) is 0 Å². The quantitative estimate of drug-likeness (QED) is 0.433. The lowest BCUT2D eigenvalue weighted by molar-refractivity contribution is -0.143. The molecular weight excluding hydrogens is 513 g/mol. The van der Waals surface area contributed by atoms with Gasteiger partial charge in [-0.05, 0) is 47.9 Å². The lowest BCUT2D eigenvalue weighted by atomic mass is 9.76. The molecule has 3 heterocycles. The van der Waals surface area contributed by atoms with E-state index in [1.807, 2.05) is 30.3 Å². The van der Waals surface area contributed by atoms with Crippen LogP contribution in [-0.2, 0) is 26.3 Å². The first-order valence-corrected chi connectivity index (χ1v) is 12.8. The third-order valence-electron chi connectivity index (χ3n) is 7.72. The molecule has 2 saturated heterocycles. The van der Waals surface area contributed by atoms with E-state index >= 15 is 0 Å². The Morgan fingerprint density at radius 3 is 2.35 bits per heavy atom. The first kappa shape index (κ1) is 24.1. The van der Waals surface area contributed by atoms with Crippen LogP contribution in [0.2, 0.25) is 10.0 Å². The summed E-state index contributed by atoms with van der Waals surface area (Å²) in [4.78, 5) is 42.6. The molecule has 3 aliphatic heterocycles. The Bertz CT molecular complexity index is 1410. The number of carbonyl (C=O) groups excluding carboxylic acids is 3. The van der Waals surface area contributed by atoms with Crippen molar-refractivity contribution in [1.29, 1.82) is 0 Å². The molecule has 7 nitrogen and oxygen atoms in total. The van der Waals surface area contributed by atoms with Crippen molar-refractivity contribution in [1.82, 2.24) is 10.2 Å². The van der Waals surface area contributed by atoms with Gasteiger partial charge in [-0.15, -0.1) is 0 Å². The maximum absolute atomic E-state index is 13.9. The summed E-state index contributed by atoms with van der Waals surface area (Å²) in [5.74, 6) is -3.28. The predicted molar refractivity (Wildman–Crippen MR) is 139 cm³/mol. The van der Waals surface area contributed by atoms with Crippen molar-refractivity contribution in [3.63, 3.8) is 0 Å². The smallest absolute Gasteiger partial charge is 0.250 e. The minimum Gasteiger partial charge on any atom is -0.387 e. The van der Waals surface area contributed by atoms with Gasteiger partial charge in [0.1, 0.15) is 5.54 Å². The standard InChI is InChI=1S/C28H23Cl2N3O4/c29-17-8-6-16(7-9-17)24(34)23-21-22(26(36)33(25(21)35)13-12-15-4-2-1-3-5-15)28(32-23)19-14-18(30)10-11-20(19)31-27(28)37/h1-11,14,21-24,32,34H,12-13H2,(H,31,37)/t21-,22-,23+,24+,28+/m0/s1. The molecule has 0 aromatic heterocycles. The van der Waals surface area contributed by atoms with Gasteiger partial charge in [0.25, 0.3) is 0 Å². The fourth-order valence-electron chi connectivity index (χ4n) is 6.01. The number of hydrogen-bond acceptors (Lipinski definition) is 5. The molecule has 0 saturated carbocycles. The molecule has 3 amide bonds. The number of nitrogens with one attached hydrogen (secondary N) is 2. The van der Waals surface area contributed by atoms with Crippen LogP contribution < -0.4 is 10.6 Å². The van der Waals surface area contributed by atoms with E-state index in [4.69, 9.17) is 23.2 Å². The van der Waals surface area contributed by atoms with Gasteiger partial charge in [0, 0.05) is 27.8 Å². The molecule has 0 bridgehead atoms. The Labute approximate surface area is 223 Å². The number of aliphatic hydroxyl groups excluding tert-OH is 1. The number of nitrogens with zero attached hydrogens (tertiary/aromatic N) is 1. The third kappa shape index (κ3) is 3.68. The van der Waals surface area contributed by atoms with Crippen LogP contribution in [0.15, 0.2) is 72.8 Å². The number of hydrogen-bond donors (Lipinski definition) is 3. The van der Waals surface area contributed by atoms with Crippen LogP contribution in [0.25, 0.3) is 0 Å². The molecule has 6 rings (SSSR count). The molecule has 2 fully saturated rings. The minimum atomic E-state index is -1.54. The molecule has 3 N–H and O–H groups in total. The van der Waals surface area contributed by atoms with Gasteiger partial charge >= 0.3 is 0 Å². The first-order valence-electron chi connectivity index (χ1n) is 12.0. The van der Waals surface area contributed by atoms with Crippen LogP contribution in [0, 0.1) is 11.8 Å². The highest BCUT2D eigenvalue weighted by molar-refractivity contribution is 6.31. The van der Waals surface area contributed by atoms with E-state index in [0.717, 1.165) is 5.56 Å². The summed E-state index contributed by atoms with van der Waals surface area (Å²) in [6, 6.07) is 20.3. The van der Waals surface area contributed by atoms with Crippen molar-refractivity contribution in [2.24, 2.45) is 11.8 Å². The molecule has 5 atom stereocenters. The van der Waals surface area contributed by atoms with Gasteiger partial charge in [-0.1, -0.05) is 65.7 Å². The van der Waals surface area contributed by atoms with Crippen molar-refractivity contribution in [3.05, 3.63) is 99.5 Å². The number of carbonyl (C=O) groups is 3. The second-order valence-electron chi connectivity index (χ2n) is 9.69. The van der Waals surface area contributed by atoms with E-state index in [-0.39, 0.29) is 6.54 Å². The Morgan fingerprint density at radius 2 is 1.62 bits per heavy atom. The Morgan fingerprint density at radius 1 is 0.919 bits per heavy atom. The number of amides is 3. The van der Waals surface area contributed by atoms with Crippen LogP contribution in [0.1, 0.15) is 22.8 Å². The molecule has 188 valence electrons. The van der Waals surface area contributed by atoms with Crippen molar-refractivity contribution in [2.75, 3.05) is 11.9 Å². The van der Waals surface area contributed by atoms with Gasteiger partial charge in [-0.25, -0.2) is 0 Å². The van der Waals surface area contributed by atoms with Crippen LogP contribution in [-0.4, -0.2) is 40.3 Å².